The summed E-state index contributed by atoms with van der Waals surface area (Å²) in [5.74, 6) is -0.102. The molecule has 0 aromatic heterocycles. The van der Waals surface area contributed by atoms with Gasteiger partial charge in [0.25, 0.3) is 0 Å². The van der Waals surface area contributed by atoms with E-state index in [1.165, 1.54) is 0 Å². The molecule has 1 atom stereocenters. The number of amides is 2. The van der Waals surface area contributed by atoms with E-state index in [1.807, 2.05) is 0 Å². The van der Waals surface area contributed by atoms with Gasteiger partial charge in [-0.25, -0.2) is 4.79 Å². The molecule has 1 aliphatic heterocycles. The molecule has 0 aromatic rings. The van der Waals surface area contributed by atoms with Crippen LogP contribution in [0.3, 0.4) is 0 Å². The molecule has 1 rings (SSSR count). The van der Waals surface area contributed by atoms with Crippen molar-refractivity contribution in [1.29, 1.82) is 0 Å². The Morgan fingerprint density at radius 1 is 1.17 bits per heavy atom. The zero-order chi connectivity index (χ0) is 17.1. The van der Waals surface area contributed by atoms with Gasteiger partial charge in [0.05, 0.1) is 6.61 Å². The Kier molecular flexibility index (Phi) is 8.94. The first-order valence-electron chi connectivity index (χ1n) is 8.33. The lowest BCUT2D eigenvalue weighted by atomic mass is 10.2. The van der Waals surface area contributed by atoms with Crippen LogP contribution in [0.2, 0.25) is 0 Å². The van der Waals surface area contributed by atoms with Crippen molar-refractivity contribution >= 4 is 12.0 Å². The number of rotatable bonds is 8. The van der Waals surface area contributed by atoms with Gasteiger partial charge in [0, 0.05) is 26.1 Å². The molecule has 7 nitrogen and oxygen atoms in total. The number of hydrogen-bond acceptors (Lipinski definition) is 5. The average molecular weight is 330 g/mol. The van der Waals surface area contributed by atoms with Crippen LogP contribution >= 0.6 is 0 Å². The van der Waals surface area contributed by atoms with E-state index in [0.29, 0.717) is 13.2 Å². The third kappa shape index (κ3) is 10.9. The van der Waals surface area contributed by atoms with E-state index in [4.69, 9.17) is 14.2 Å². The highest BCUT2D eigenvalue weighted by molar-refractivity contribution is 5.76. The molecule has 134 valence electrons. The van der Waals surface area contributed by atoms with Gasteiger partial charge in [-0.2, -0.15) is 0 Å². The zero-order valence-corrected chi connectivity index (χ0v) is 14.5. The fraction of sp³-hybridized carbons (Fsp3) is 0.875. The first-order valence-corrected chi connectivity index (χ1v) is 8.33. The summed E-state index contributed by atoms with van der Waals surface area (Å²) in [7, 11) is 0. The molecule has 2 amide bonds. The Hall–Kier alpha value is -1.34. The van der Waals surface area contributed by atoms with Crippen molar-refractivity contribution in [2.45, 2.75) is 64.8 Å². The summed E-state index contributed by atoms with van der Waals surface area (Å²) >= 11 is 0. The predicted octanol–water partition coefficient (Wildman–Crippen LogP) is 1.95. The molecule has 0 saturated carbocycles. The van der Waals surface area contributed by atoms with Gasteiger partial charge < -0.3 is 24.8 Å². The van der Waals surface area contributed by atoms with E-state index in [2.05, 4.69) is 10.6 Å². The van der Waals surface area contributed by atoms with Gasteiger partial charge in [0.1, 0.15) is 5.60 Å². The molecular weight excluding hydrogens is 300 g/mol. The quantitative estimate of drug-likeness (QED) is 0.664. The van der Waals surface area contributed by atoms with Crippen LogP contribution in [0.4, 0.5) is 4.79 Å². The Morgan fingerprint density at radius 3 is 2.61 bits per heavy atom. The third-order valence-corrected chi connectivity index (χ3v) is 3.11. The summed E-state index contributed by atoms with van der Waals surface area (Å²) in [6.07, 6.45) is 3.57. The van der Waals surface area contributed by atoms with Crippen molar-refractivity contribution in [2.24, 2.45) is 0 Å². The number of hydrogen-bond donors (Lipinski definition) is 2. The molecule has 0 radical (unpaired) electrons. The van der Waals surface area contributed by atoms with Crippen LogP contribution in [0.15, 0.2) is 0 Å². The number of nitrogens with one attached hydrogen (secondary N) is 2. The van der Waals surface area contributed by atoms with E-state index in [9.17, 15) is 9.59 Å². The minimum Gasteiger partial charge on any atom is -0.444 e. The number of carbonyl (C=O) groups is 2. The zero-order valence-electron chi connectivity index (χ0n) is 14.5. The minimum atomic E-state index is -0.533. The smallest absolute Gasteiger partial charge is 0.407 e. The fourth-order valence-corrected chi connectivity index (χ4v) is 2.04. The summed E-state index contributed by atoms with van der Waals surface area (Å²) in [5.41, 5.74) is -0.533. The molecular formula is C16H30N2O5. The SMILES string of the molecule is CC(C)(C)OC(=O)NCCC(=O)NCCCOC1CCCCO1. The molecule has 0 aromatic carbocycles. The summed E-state index contributed by atoms with van der Waals surface area (Å²) in [6, 6.07) is 0. The van der Waals surface area contributed by atoms with Gasteiger partial charge in [-0.3, -0.25) is 4.79 Å². The number of alkyl carbamates (subject to hydrolysis) is 1. The largest absolute Gasteiger partial charge is 0.444 e. The summed E-state index contributed by atoms with van der Waals surface area (Å²) < 4.78 is 16.1. The van der Waals surface area contributed by atoms with E-state index >= 15 is 0 Å². The van der Waals surface area contributed by atoms with Crippen molar-refractivity contribution in [3.8, 4) is 0 Å². The lowest BCUT2D eigenvalue weighted by Crippen LogP contribution is -2.35. The van der Waals surface area contributed by atoms with Crippen molar-refractivity contribution < 1.29 is 23.8 Å². The summed E-state index contributed by atoms with van der Waals surface area (Å²) in [6.45, 7) is 7.53. The van der Waals surface area contributed by atoms with E-state index in [0.717, 1.165) is 32.3 Å². The first-order chi connectivity index (χ1) is 10.9. The molecule has 1 aliphatic rings. The molecule has 1 heterocycles. The second kappa shape index (κ2) is 10.4. The van der Waals surface area contributed by atoms with Crippen LogP contribution in [0.1, 0.15) is 52.9 Å². The molecule has 0 bridgehead atoms. The van der Waals surface area contributed by atoms with Crippen molar-refractivity contribution in [2.75, 3.05) is 26.3 Å². The Balaban J connectivity index is 1.94. The van der Waals surface area contributed by atoms with Gasteiger partial charge in [-0.1, -0.05) is 0 Å². The monoisotopic (exact) mass is 330 g/mol. The topological polar surface area (TPSA) is 85.9 Å². The summed E-state index contributed by atoms with van der Waals surface area (Å²) in [5, 5.41) is 5.34. The molecule has 1 fully saturated rings. The summed E-state index contributed by atoms with van der Waals surface area (Å²) in [4.78, 5) is 23.0. The van der Waals surface area contributed by atoms with Gasteiger partial charge in [0.2, 0.25) is 5.91 Å². The Labute approximate surface area is 138 Å². The van der Waals surface area contributed by atoms with Gasteiger partial charge in [-0.15, -0.1) is 0 Å². The van der Waals surface area contributed by atoms with E-state index in [-0.39, 0.29) is 25.2 Å². The lowest BCUT2D eigenvalue weighted by Gasteiger charge is -2.22. The van der Waals surface area contributed by atoms with Crippen LogP contribution in [0.5, 0.6) is 0 Å². The minimum absolute atomic E-state index is 0.0857. The van der Waals surface area contributed by atoms with E-state index < -0.39 is 11.7 Å². The maximum Gasteiger partial charge on any atom is 0.407 e. The first kappa shape index (κ1) is 19.7. The molecule has 0 aliphatic carbocycles. The maximum absolute atomic E-state index is 11.6. The molecule has 2 N–H and O–H groups in total. The maximum atomic E-state index is 11.6. The second-order valence-corrected chi connectivity index (χ2v) is 6.55. The van der Waals surface area contributed by atoms with Crippen LogP contribution in [0.25, 0.3) is 0 Å². The predicted molar refractivity (Wildman–Crippen MR) is 86.0 cm³/mol. The highest BCUT2D eigenvalue weighted by Gasteiger charge is 2.16. The average Bonchev–Trinajstić information content (AvgIpc) is 2.46. The van der Waals surface area contributed by atoms with Crippen LogP contribution in [0, 0.1) is 0 Å². The standard InChI is InChI=1S/C16H30N2O5/c1-16(2,3)23-15(20)18-10-8-13(19)17-9-6-12-22-14-7-4-5-11-21-14/h14H,4-12H2,1-3H3,(H,17,19)(H,18,20). The molecule has 1 unspecified atom stereocenters. The van der Waals surface area contributed by atoms with Crippen LogP contribution in [-0.2, 0) is 19.0 Å². The Bertz CT molecular complexity index is 362. The van der Waals surface area contributed by atoms with Gasteiger partial charge in [0.15, 0.2) is 6.29 Å². The third-order valence-electron chi connectivity index (χ3n) is 3.11. The van der Waals surface area contributed by atoms with Crippen molar-refractivity contribution in [1.82, 2.24) is 10.6 Å². The van der Waals surface area contributed by atoms with Crippen LogP contribution < -0.4 is 10.6 Å². The number of ether oxygens (including phenoxy) is 3. The lowest BCUT2D eigenvalue weighted by molar-refractivity contribution is -0.162. The number of carbonyl (C=O) groups excluding carboxylic acids is 2. The normalized spacial score (nSPS) is 18.3. The van der Waals surface area contributed by atoms with E-state index in [1.54, 1.807) is 20.8 Å². The highest BCUT2D eigenvalue weighted by Crippen LogP contribution is 2.13. The van der Waals surface area contributed by atoms with Crippen LogP contribution in [-0.4, -0.2) is 50.2 Å². The van der Waals surface area contributed by atoms with Crippen molar-refractivity contribution in [3.05, 3.63) is 0 Å². The molecule has 1 saturated heterocycles. The Morgan fingerprint density at radius 2 is 1.96 bits per heavy atom. The van der Waals surface area contributed by atoms with Gasteiger partial charge in [-0.05, 0) is 46.5 Å². The van der Waals surface area contributed by atoms with Gasteiger partial charge >= 0.3 is 6.09 Å². The molecule has 23 heavy (non-hydrogen) atoms. The van der Waals surface area contributed by atoms with Crippen molar-refractivity contribution in [3.63, 3.8) is 0 Å². The molecule has 7 heteroatoms. The highest BCUT2D eigenvalue weighted by atomic mass is 16.7. The fourth-order valence-electron chi connectivity index (χ4n) is 2.04. The molecule has 0 spiro atoms. The second-order valence-electron chi connectivity index (χ2n) is 6.55.